The van der Waals surface area contributed by atoms with Crippen LogP contribution in [-0.2, 0) is 4.79 Å². The predicted molar refractivity (Wildman–Crippen MR) is 89.9 cm³/mol. The molecule has 0 atom stereocenters. The van der Waals surface area contributed by atoms with E-state index in [1.54, 1.807) is 6.07 Å². The number of fused-ring (bicyclic) bond motifs is 1. The van der Waals surface area contributed by atoms with Crippen LogP contribution in [0.1, 0.15) is 5.56 Å². The maximum atomic E-state index is 11.9. The molecule has 6 heteroatoms. The lowest BCUT2D eigenvalue weighted by Gasteiger charge is -2.05. The van der Waals surface area contributed by atoms with Gasteiger partial charge in [-0.25, -0.2) is 4.98 Å². The minimum Gasteiger partial charge on any atom is -0.484 e. The van der Waals surface area contributed by atoms with Crippen molar-refractivity contribution in [2.45, 2.75) is 6.92 Å². The summed E-state index contributed by atoms with van der Waals surface area (Å²) >= 11 is 7.45. The van der Waals surface area contributed by atoms with Crippen LogP contribution < -0.4 is 10.1 Å². The van der Waals surface area contributed by atoms with Gasteiger partial charge in [0.05, 0.1) is 9.72 Å². The van der Waals surface area contributed by atoms with Gasteiger partial charge in [-0.2, -0.15) is 0 Å². The SMILES string of the molecule is Cc1ccc(OCC(=O)Nc2nc3c(Cl)cccc3s2)cc1. The van der Waals surface area contributed by atoms with Crippen LogP contribution in [0.25, 0.3) is 10.2 Å². The fourth-order valence-electron chi connectivity index (χ4n) is 1.91. The third-order valence-corrected chi connectivity index (χ3v) is 4.25. The molecule has 112 valence electrons. The van der Waals surface area contributed by atoms with E-state index < -0.39 is 0 Å². The number of nitrogens with zero attached hydrogens (tertiary/aromatic N) is 1. The van der Waals surface area contributed by atoms with Crippen LogP contribution in [0, 0.1) is 6.92 Å². The van der Waals surface area contributed by atoms with Gasteiger partial charge in [0.15, 0.2) is 11.7 Å². The highest BCUT2D eigenvalue weighted by Gasteiger charge is 2.10. The van der Waals surface area contributed by atoms with Gasteiger partial charge in [-0.3, -0.25) is 10.1 Å². The zero-order chi connectivity index (χ0) is 15.5. The van der Waals surface area contributed by atoms with Crippen molar-refractivity contribution >= 4 is 44.2 Å². The predicted octanol–water partition coefficient (Wildman–Crippen LogP) is 4.28. The largest absolute Gasteiger partial charge is 0.484 e. The monoisotopic (exact) mass is 332 g/mol. The molecule has 0 aliphatic carbocycles. The van der Waals surface area contributed by atoms with Crippen LogP contribution in [0.2, 0.25) is 5.02 Å². The molecule has 0 spiro atoms. The summed E-state index contributed by atoms with van der Waals surface area (Å²) in [4.78, 5) is 16.2. The summed E-state index contributed by atoms with van der Waals surface area (Å²) in [5.74, 6) is 0.406. The first-order valence-electron chi connectivity index (χ1n) is 6.66. The van der Waals surface area contributed by atoms with Crippen molar-refractivity contribution in [2.24, 2.45) is 0 Å². The summed E-state index contributed by atoms with van der Waals surface area (Å²) in [6.07, 6.45) is 0. The van der Waals surface area contributed by atoms with E-state index in [9.17, 15) is 4.79 Å². The van der Waals surface area contributed by atoms with Crippen molar-refractivity contribution in [3.05, 3.63) is 53.1 Å². The van der Waals surface area contributed by atoms with E-state index >= 15 is 0 Å². The van der Waals surface area contributed by atoms with Gasteiger partial charge in [0.25, 0.3) is 5.91 Å². The van der Waals surface area contributed by atoms with Gasteiger partial charge >= 0.3 is 0 Å². The van der Waals surface area contributed by atoms with Gasteiger partial charge in [0, 0.05) is 0 Å². The van der Waals surface area contributed by atoms with E-state index in [2.05, 4.69) is 10.3 Å². The number of hydrogen-bond donors (Lipinski definition) is 1. The average Bonchev–Trinajstić information content (AvgIpc) is 2.90. The number of para-hydroxylation sites is 1. The molecule has 0 saturated carbocycles. The minimum absolute atomic E-state index is 0.0628. The first-order chi connectivity index (χ1) is 10.6. The smallest absolute Gasteiger partial charge is 0.264 e. The Bertz CT molecular complexity index is 815. The number of halogens is 1. The molecular weight excluding hydrogens is 320 g/mol. The summed E-state index contributed by atoms with van der Waals surface area (Å²) in [5, 5.41) is 3.81. The zero-order valence-electron chi connectivity index (χ0n) is 11.8. The Morgan fingerprint density at radius 1 is 1.27 bits per heavy atom. The Hall–Kier alpha value is -2.11. The molecule has 22 heavy (non-hydrogen) atoms. The average molecular weight is 333 g/mol. The van der Waals surface area contributed by atoms with Gasteiger partial charge in [0.2, 0.25) is 0 Å². The highest BCUT2D eigenvalue weighted by Crippen LogP contribution is 2.30. The Balaban J connectivity index is 1.63. The lowest BCUT2D eigenvalue weighted by atomic mass is 10.2. The third kappa shape index (κ3) is 3.37. The standard InChI is InChI=1S/C16H13ClN2O2S/c1-10-5-7-11(8-6-10)21-9-14(20)18-16-19-15-12(17)3-2-4-13(15)22-16/h2-8H,9H2,1H3,(H,18,19,20). The van der Waals surface area contributed by atoms with Crippen LogP contribution in [0.5, 0.6) is 5.75 Å². The van der Waals surface area contributed by atoms with Crippen molar-refractivity contribution in [1.29, 1.82) is 0 Å². The van der Waals surface area contributed by atoms with Gasteiger partial charge < -0.3 is 4.74 Å². The van der Waals surface area contributed by atoms with Gasteiger partial charge in [-0.1, -0.05) is 46.7 Å². The van der Waals surface area contributed by atoms with Crippen LogP contribution in [-0.4, -0.2) is 17.5 Å². The van der Waals surface area contributed by atoms with Gasteiger partial charge in [0.1, 0.15) is 11.3 Å². The Morgan fingerprint density at radius 2 is 2.05 bits per heavy atom. The van der Waals surface area contributed by atoms with Crippen LogP contribution in [0.3, 0.4) is 0 Å². The molecule has 0 unspecified atom stereocenters. The quantitative estimate of drug-likeness (QED) is 0.776. The molecular formula is C16H13ClN2O2S. The first kappa shape index (κ1) is 14.8. The second kappa shape index (κ2) is 6.34. The highest BCUT2D eigenvalue weighted by molar-refractivity contribution is 7.22. The van der Waals surface area contributed by atoms with E-state index in [0.717, 1.165) is 10.3 Å². The van der Waals surface area contributed by atoms with Crippen LogP contribution in [0.4, 0.5) is 5.13 Å². The molecule has 0 saturated heterocycles. The van der Waals surface area contributed by atoms with Crippen LogP contribution in [0.15, 0.2) is 42.5 Å². The lowest BCUT2D eigenvalue weighted by Crippen LogP contribution is -2.19. The Kier molecular flexibility index (Phi) is 4.27. The number of hydrogen-bond acceptors (Lipinski definition) is 4. The number of carbonyl (C=O) groups excluding carboxylic acids is 1. The number of aryl methyl sites for hydroxylation is 1. The van der Waals surface area contributed by atoms with Crippen molar-refractivity contribution in [3.63, 3.8) is 0 Å². The molecule has 1 N–H and O–H groups in total. The molecule has 4 nitrogen and oxygen atoms in total. The summed E-state index contributed by atoms with van der Waals surface area (Å²) in [7, 11) is 0. The van der Waals surface area contributed by atoms with Crippen molar-refractivity contribution in [1.82, 2.24) is 4.98 Å². The molecule has 3 rings (SSSR count). The molecule has 1 heterocycles. The topological polar surface area (TPSA) is 51.2 Å². The van der Waals surface area contributed by atoms with E-state index in [4.69, 9.17) is 16.3 Å². The van der Waals surface area contributed by atoms with E-state index in [0.29, 0.717) is 21.4 Å². The highest BCUT2D eigenvalue weighted by atomic mass is 35.5. The van der Waals surface area contributed by atoms with E-state index in [1.807, 2.05) is 43.3 Å². The molecule has 1 amide bonds. The molecule has 0 radical (unpaired) electrons. The normalized spacial score (nSPS) is 10.6. The Morgan fingerprint density at radius 3 is 2.77 bits per heavy atom. The number of amides is 1. The van der Waals surface area contributed by atoms with Crippen molar-refractivity contribution in [2.75, 3.05) is 11.9 Å². The number of rotatable bonds is 4. The number of benzene rings is 2. The van der Waals surface area contributed by atoms with Gasteiger partial charge in [-0.15, -0.1) is 0 Å². The maximum absolute atomic E-state index is 11.9. The molecule has 3 aromatic rings. The van der Waals surface area contributed by atoms with E-state index in [1.165, 1.54) is 11.3 Å². The second-order valence-electron chi connectivity index (χ2n) is 4.76. The number of anilines is 1. The summed E-state index contributed by atoms with van der Waals surface area (Å²) in [6.45, 7) is 1.93. The number of thiazole rings is 1. The van der Waals surface area contributed by atoms with E-state index in [-0.39, 0.29) is 12.5 Å². The maximum Gasteiger partial charge on any atom is 0.264 e. The molecule has 2 aromatic carbocycles. The fourth-order valence-corrected chi connectivity index (χ4v) is 3.09. The molecule has 0 bridgehead atoms. The Labute approximate surface area is 136 Å². The van der Waals surface area contributed by atoms with Crippen molar-refractivity contribution < 1.29 is 9.53 Å². The molecule has 0 aliphatic rings. The number of aromatic nitrogens is 1. The van der Waals surface area contributed by atoms with Crippen LogP contribution >= 0.6 is 22.9 Å². The molecule has 1 aromatic heterocycles. The fraction of sp³-hybridized carbons (Fsp3) is 0.125. The van der Waals surface area contributed by atoms with Gasteiger partial charge in [-0.05, 0) is 31.2 Å². The zero-order valence-corrected chi connectivity index (χ0v) is 13.4. The third-order valence-electron chi connectivity index (χ3n) is 3.01. The summed E-state index contributed by atoms with van der Waals surface area (Å²) < 4.78 is 6.36. The molecule has 0 fully saturated rings. The minimum atomic E-state index is -0.254. The first-order valence-corrected chi connectivity index (χ1v) is 7.85. The summed E-state index contributed by atoms with van der Waals surface area (Å²) in [5.41, 5.74) is 1.84. The number of nitrogens with one attached hydrogen (secondary N) is 1. The second-order valence-corrected chi connectivity index (χ2v) is 6.19. The molecule has 0 aliphatic heterocycles. The summed E-state index contributed by atoms with van der Waals surface area (Å²) in [6, 6.07) is 13.1. The number of carbonyl (C=O) groups is 1. The van der Waals surface area contributed by atoms with Crippen molar-refractivity contribution in [3.8, 4) is 5.75 Å². The number of ether oxygens (including phenoxy) is 1. The lowest BCUT2D eigenvalue weighted by molar-refractivity contribution is -0.118.